The second-order valence-electron chi connectivity index (χ2n) is 4.30. The van der Waals surface area contributed by atoms with E-state index in [0.717, 1.165) is 25.8 Å². The van der Waals surface area contributed by atoms with Gasteiger partial charge >= 0.3 is 0 Å². The largest absolute Gasteiger partial charge is 0.393 e. The molecule has 3 heteroatoms. The number of hydrogen-bond donors (Lipinski definition) is 1. The van der Waals surface area contributed by atoms with Gasteiger partial charge in [-0.25, -0.2) is 0 Å². The van der Waals surface area contributed by atoms with Crippen LogP contribution in [0.2, 0.25) is 0 Å². The maximum Gasteiger partial charge on any atom is 0.0747 e. The fourth-order valence-corrected chi connectivity index (χ4v) is 2.64. The highest BCUT2D eigenvalue weighted by molar-refractivity contribution is 7.80. The lowest BCUT2D eigenvalue weighted by atomic mass is 10.1. The zero-order valence-corrected chi connectivity index (χ0v) is 10.5. The number of anilines is 1. The standard InChI is InChI=1S/C13H18N2S/c1-2-11(9-13(14)16)15-8-7-10-5-3-4-6-12(10)15/h3-6,11H,2,7-9H2,1H3,(H2,14,16). The lowest BCUT2D eigenvalue weighted by Crippen LogP contribution is -2.36. The molecule has 0 radical (unpaired) electrons. The molecule has 0 fully saturated rings. The summed E-state index contributed by atoms with van der Waals surface area (Å²) < 4.78 is 0. The van der Waals surface area contributed by atoms with Gasteiger partial charge in [-0.2, -0.15) is 0 Å². The summed E-state index contributed by atoms with van der Waals surface area (Å²) in [6, 6.07) is 9.08. The number of thiocarbonyl (C=S) groups is 1. The van der Waals surface area contributed by atoms with Gasteiger partial charge in [0.25, 0.3) is 0 Å². The van der Waals surface area contributed by atoms with Crippen molar-refractivity contribution in [2.75, 3.05) is 11.4 Å². The van der Waals surface area contributed by atoms with Crippen LogP contribution in [0.5, 0.6) is 0 Å². The first-order chi connectivity index (χ1) is 7.72. The van der Waals surface area contributed by atoms with Crippen LogP contribution in [0.25, 0.3) is 0 Å². The van der Waals surface area contributed by atoms with Crippen molar-refractivity contribution in [3.63, 3.8) is 0 Å². The summed E-state index contributed by atoms with van der Waals surface area (Å²) in [4.78, 5) is 3.07. The Morgan fingerprint density at radius 2 is 2.25 bits per heavy atom. The third-order valence-electron chi connectivity index (χ3n) is 3.27. The van der Waals surface area contributed by atoms with Crippen molar-refractivity contribution in [2.45, 2.75) is 32.2 Å². The number of rotatable bonds is 4. The summed E-state index contributed by atoms with van der Waals surface area (Å²) in [6.07, 6.45) is 3.05. The summed E-state index contributed by atoms with van der Waals surface area (Å²) in [7, 11) is 0. The van der Waals surface area contributed by atoms with Gasteiger partial charge in [-0.05, 0) is 24.5 Å². The van der Waals surface area contributed by atoms with Crippen LogP contribution in [0.3, 0.4) is 0 Å². The van der Waals surface area contributed by atoms with Gasteiger partial charge in [0.05, 0.1) is 4.99 Å². The van der Waals surface area contributed by atoms with Gasteiger partial charge in [0, 0.05) is 24.7 Å². The van der Waals surface area contributed by atoms with Crippen molar-refractivity contribution in [3.8, 4) is 0 Å². The van der Waals surface area contributed by atoms with Crippen LogP contribution in [-0.2, 0) is 6.42 Å². The Kier molecular flexibility index (Phi) is 3.44. The molecule has 16 heavy (non-hydrogen) atoms. The predicted molar refractivity (Wildman–Crippen MR) is 73.0 cm³/mol. The van der Waals surface area contributed by atoms with Crippen LogP contribution in [0, 0.1) is 0 Å². The molecule has 0 aromatic heterocycles. The Morgan fingerprint density at radius 3 is 2.94 bits per heavy atom. The van der Waals surface area contributed by atoms with E-state index in [-0.39, 0.29) is 0 Å². The molecule has 1 aromatic carbocycles. The number of para-hydroxylation sites is 1. The molecule has 0 bridgehead atoms. The molecule has 0 amide bonds. The van der Waals surface area contributed by atoms with Gasteiger partial charge in [0.2, 0.25) is 0 Å². The van der Waals surface area contributed by atoms with Gasteiger partial charge in [0.1, 0.15) is 0 Å². The van der Waals surface area contributed by atoms with Crippen LogP contribution in [0.4, 0.5) is 5.69 Å². The fraction of sp³-hybridized carbons (Fsp3) is 0.462. The number of nitrogens with zero attached hydrogens (tertiary/aromatic N) is 1. The van der Waals surface area contributed by atoms with E-state index in [1.807, 2.05) is 0 Å². The second kappa shape index (κ2) is 4.83. The molecule has 0 saturated heterocycles. The first-order valence-electron chi connectivity index (χ1n) is 5.85. The van der Waals surface area contributed by atoms with Crippen LogP contribution < -0.4 is 10.6 Å². The van der Waals surface area contributed by atoms with E-state index in [4.69, 9.17) is 18.0 Å². The molecular weight excluding hydrogens is 216 g/mol. The quantitative estimate of drug-likeness (QED) is 0.812. The van der Waals surface area contributed by atoms with Crippen LogP contribution >= 0.6 is 12.2 Å². The van der Waals surface area contributed by atoms with Crippen molar-refractivity contribution in [1.29, 1.82) is 0 Å². The third-order valence-corrected chi connectivity index (χ3v) is 3.44. The van der Waals surface area contributed by atoms with Gasteiger partial charge in [-0.15, -0.1) is 0 Å². The molecule has 1 heterocycles. The van der Waals surface area contributed by atoms with E-state index in [2.05, 4.69) is 36.1 Å². The molecule has 2 rings (SSSR count). The first-order valence-corrected chi connectivity index (χ1v) is 6.26. The van der Waals surface area contributed by atoms with E-state index in [9.17, 15) is 0 Å². The second-order valence-corrected chi connectivity index (χ2v) is 4.83. The predicted octanol–water partition coefficient (Wildman–Crippen LogP) is 2.50. The summed E-state index contributed by atoms with van der Waals surface area (Å²) in [6.45, 7) is 3.30. The lowest BCUT2D eigenvalue weighted by molar-refractivity contribution is 0.607. The molecule has 0 aliphatic carbocycles. The molecule has 1 atom stereocenters. The molecule has 86 valence electrons. The zero-order chi connectivity index (χ0) is 11.5. The average Bonchev–Trinajstić information content (AvgIpc) is 2.69. The molecule has 1 aromatic rings. The van der Waals surface area contributed by atoms with Crippen LogP contribution in [0.1, 0.15) is 25.3 Å². The van der Waals surface area contributed by atoms with E-state index in [1.165, 1.54) is 11.3 Å². The molecule has 2 nitrogen and oxygen atoms in total. The normalized spacial score (nSPS) is 15.9. The Balaban J connectivity index is 2.19. The van der Waals surface area contributed by atoms with E-state index in [1.54, 1.807) is 0 Å². The smallest absolute Gasteiger partial charge is 0.0747 e. The Morgan fingerprint density at radius 1 is 1.50 bits per heavy atom. The van der Waals surface area contributed by atoms with Gasteiger partial charge < -0.3 is 10.6 Å². The third kappa shape index (κ3) is 2.19. The SMILES string of the molecule is CCC(CC(N)=S)N1CCc2ccccc21. The van der Waals surface area contributed by atoms with Crippen molar-refractivity contribution in [2.24, 2.45) is 5.73 Å². The highest BCUT2D eigenvalue weighted by atomic mass is 32.1. The molecule has 0 spiro atoms. The summed E-state index contributed by atoms with van der Waals surface area (Å²) in [5.74, 6) is 0. The van der Waals surface area contributed by atoms with Gasteiger partial charge in [-0.1, -0.05) is 37.3 Å². The maximum atomic E-state index is 5.66. The van der Waals surface area contributed by atoms with Crippen molar-refractivity contribution in [1.82, 2.24) is 0 Å². The van der Waals surface area contributed by atoms with E-state index < -0.39 is 0 Å². The molecule has 2 N–H and O–H groups in total. The molecule has 1 unspecified atom stereocenters. The minimum absolute atomic E-state index is 0.459. The topological polar surface area (TPSA) is 29.3 Å². The minimum Gasteiger partial charge on any atom is -0.393 e. The fourth-order valence-electron chi connectivity index (χ4n) is 2.45. The van der Waals surface area contributed by atoms with E-state index in [0.29, 0.717) is 11.0 Å². The van der Waals surface area contributed by atoms with Crippen LogP contribution in [0.15, 0.2) is 24.3 Å². The first kappa shape index (κ1) is 11.4. The van der Waals surface area contributed by atoms with Crippen molar-refractivity contribution in [3.05, 3.63) is 29.8 Å². The molecular formula is C13H18N2S. The zero-order valence-electron chi connectivity index (χ0n) is 9.65. The number of hydrogen-bond acceptors (Lipinski definition) is 2. The van der Waals surface area contributed by atoms with Gasteiger partial charge in [-0.3, -0.25) is 0 Å². The van der Waals surface area contributed by atoms with Crippen molar-refractivity contribution < 1.29 is 0 Å². The minimum atomic E-state index is 0.459. The number of fused-ring (bicyclic) bond motifs is 1. The molecule has 0 saturated carbocycles. The Labute approximate surface area is 102 Å². The lowest BCUT2D eigenvalue weighted by Gasteiger charge is -2.29. The average molecular weight is 234 g/mol. The maximum absolute atomic E-state index is 5.66. The monoisotopic (exact) mass is 234 g/mol. The van der Waals surface area contributed by atoms with Crippen molar-refractivity contribution >= 4 is 22.9 Å². The highest BCUT2D eigenvalue weighted by Gasteiger charge is 2.24. The summed E-state index contributed by atoms with van der Waals surface area (Å²) >= 11 is 5.02. The molecule has 1 aliphatic heterocycles. The Hall–Kier alpha value is -1.09. The number of nitrogens with two attached hydrogens (primary N) is 1. The Bertz CT molecular complexity index is 389. The number of benzene rings is 1. The highest BCUT2D eigenvalue weighted by Crippen LogP contribution is 2.30. The summed E-state index contributed by atoms with van der Waals surface area (Å²) in [5.41, 5.74) is 8.48. The van der Waals surface area contributed by atoms with E-state index >= 15 is 0 Å². The van der Waals surface area contributed by atoms with Gasteiger partial charge in [0.15, 0.2) is 0 Å². The van der Waals surface area contributed by atoms with Crippen LogP contribution in [-0.4, -0.2) is 17.6 Å². The molecule has 1 aliphatic rings. The summed E-state index contributed by atoms with van der Waals surface area (Å²) in [5, 5.41) is 0.